The lowest BCUT2D eigenvalue weighted by molar-refractivity contribution is 0.299. The third kappa shape index (κ3) is 4.06. The Kier molecular flexibility index (Phi) is 4.98. The van der Waals surface area contributed by atoms with Gasteiger partial charge in [-0.2, -0.15) is 0 Å². The molecule has 3 N–H and O–H groups in total. The molecule has 1 aliphatic rings. The largest absolute Gasteiger partial charge is 0.326 e. The van der Waals surface area contributed by atoms with Gasteiger partial charge >= 0.3 is 0 Å². The standard InChI is InChI=1S/C16H25N5/c1-12-5-6-13(2)14(11-12)19-16-18-8-7-15(17)21(16)10-9-20(3)4/h5-8,11,15H,9-10,17H2,1-4H3,(H,18,19). The average molecular weight is 287 g/mol. The Morgan fingerprint density at radius 3 is 2.81 bits per heavy atom. The summed E-state index contributed by atoms with van der Waals surface area (Å²) in [7, 11) is 4.11. The second-order valence-electron chi connectivity index (χ2n) is 5.72. The van der Waals surface area contributed by atoms with Crippen LogP contribution in [0.25, 0.3) is 0 Å². The number of guanidine groups is 1. The molecule has 5 heteroatoms. The predicted molar refractivity (Wildman–Crippen MR) is 89.3 cm³/mol. The molecule has 0 saturated heterocycles. The maximum absolute atomic E-state index is 6.18. The molecule has 1 heterocycles. The minimum atomic E-state index is -0.143. The number of benzene rings is 1. The van der Waals surface area contributed by atoms with Crippen LogP contribution in [0.15, 0.2) is 35.5 Å². The second kappa shape index (κ2) is 6.74. The van der Waals surface area contributed by atoms with Crippen LogP contribution in [0.2, 0.25) is 0 Å². The quantitative estimate of drug-likeness (QED) is 0.886. The summed E-state index contributed by atoms with van der Waals surface area (Å²) >= 11 is 0. The van der Waals surface area contributed by atoms with Gasteiger partial charge in [0.1, 0.15) is 6.17 Å². The molecule has 5 nitrogen and oxygen atoms in total. The van der Waals surface area contributed by atoms with Crippen molar-refractivity contribution in [2.24, 2.45) is 10.7 Å². The monoisotopic (exact) mass is 287 g/mol. The van der Waals surface area contributed by atoms with E-state index in [0.717, 1.165) is 24.7 Å². The third-order valence-corrected chi connectivity index (χ3v) is 3.54. The molecule has 1 aromatic carbocycles. The van der Waals surface area contributed by atoms with Crippen molar-refractivity contribution in [1.29, 1.82) is 0 Å². The van der Waals surface area contributed by atoms with Gasteiger partial charge in [0.2, 0.25) is 5.96 Å². The molecule has 0 spiro atoms. The lowest BCUT2D eigenvalue weighted by Gasteiger charge is -2.33. The highest BCUT2D eigenvalue weighted by Gasteiger charge is 2.20. The summed E-state index contributed by atoms with van der Waals surface area (Å²) < 4.78 is 0. The molecule has 21 heavy (non-hydrogen) atoms. The van der Waals surface area contributed by atoms with Gasteiger partial charge in [0.05, 0.1) is 0 Å². The zero-order valence-electron chi connectivity index (χ0n) is 13.3. The van der Waals surface area contributed by atoms with Gasteiger partial charge in [-0.3, -0.25) is 0 Å². The van der Waals surface area contributed by atoms with E-state index in [4.69, 9.17) is 5.73 Å². The Hall–Kier alpha value is -1.85. The SMILES string of the molecule is Cc1ccc(C)c(NC2=NC=CC(N)N2CCN(C)C)c1. The Balaban J connectivity index is 2.17. The van der Waals surface area contributed by atoms with Crippen LogP contribution in [0.4, 0.5) is 5.69 Å². The Bertz CT molecular complexity index is 548. The van der Waals surface area contributed by atoms with Gasteiger partial charge in [0.25, 0.3) is 0 Å². The molecule has 0 bridgehead atoms. The minimum Gasteiger partial charge on any atom is -0.326 e. The van der Waals surface area contributed by atoms with Gasteiger partial charge in [0, 0.05) is 25.0 Å². The van der Waals surface area contributed by atoms with Crippen molar-refractivity contribution in [3.63, 3.8) is 0 Å². The zero-order valence-corrected chi connectivity index (χ0v) is 13.3. The van der Waals surface area contributed by atoms with Gasteiger partial charge in [-0.05, 0) is 51.2 Å². The van der Waals surface area contributed by atoms with Gasteiger partial charge in [-0.15, -0.1) is 0 Å². The van der Waals surface area contributed by atoms with E-state index >= 15 is 0 Å². The fourth-order valence-electron chi connectivity index (χ4n) is 2.18. The number of rotatable bonds is 4. The number of hydrogen-bond acceptors (Lipinski definition) is 5. The van der Waals surface area contributed by atoms with Crippen LogP contribution >= 0.6 is 0 Å². The molecule has 114 valence electrons. The van der Waals surface area contributed by atoms with Crippen LogP contribution in [0, 0.1) is 13.8 Å². The van der Waals surface area contributed by atoms with E-state index in [-0.39, 0.29) is 6.17 Å². The van der Waals surface area contributed by atoms with Crippen LogP contribution in [0.3, 0.4) is 0 Å². The van der Waals surface area contributed by atoms with Crippen molar-refractivity contribution in [2.45, 2.75) is 20.0 Å². The molecule has 2 rings (SSSR count). The van der Waals surface area contributed by atoms with E-state index in [1.165, 1.54) is 11.1 Å². The van der Waals surface area contributed by atoms with Crippen molar-refractivity contribution in [3.8, 4) is 0 Å². The Morgan fingerprint density at radius 1 is 1.33 bits per heavy atom. The van der Waals surface area contributed by atoms with Gasteiger partial charge < -0.3 is 20.9 Å². The molecule has 0 saturated carbocycles. The van der Waals surface area contributed by atoms with Crippen LogP contribution in [-0.4, -0.2) is 49.1 Å². The molecule has 0 aliphatic carbocycles. The topological polar surface area (TPSA) is 56.9 Å². The molecule has 1 aliphatic heterocycles. The first-order valence-corrected chi connectivity index (χ1v) is 7.23. The normalized spacial score (nSPS) is 18.1. The highest BCUT2D eigenvalue weighted by Crippen LogP contribution is 2.18. The number of anilines is 1. The van der Waals surface area contributed by atoms with Crippen molar-refractivity contribution in [3.05, 3.63) is 41.6 Å². The van der Waals surface area contributed by atoms with Gasteiger partial charge in [0.15, 0.2) is 0 Å². The maximum atomic E-state index is 6.18. The number of aryl methyl sites for hydroxylation is 2. The van der Waals surface area contributed by atoms with Crippen LogP contribution in [0.5, 0.6) is 0 Å². The molecule has 0 aromatic heterocycles. The minimum absolute atomic E-state index is 0.143. The summed E-state index contributed by atoms with van der Waals surface area (Å²) in [4.78, 5) is 8.68. The molecular weight excluding hydrogens is 262 g/mol. The smallest absolute Gasteiger partial charge is 0.204 e. The second-order valence-corrected chi connectivity index (χ2v) is 5.72. The molecule has 1 atom stereocenters. The first kappa shape index (κ1) is 15.5. The zero-order chi connectivity index (χ0) is 15.4. The highest BCUT2D eigenvalue weighted by atomic mass is 15.4. The van der Waals surface area contributed by atoms with Crippen LogP contribution < -0.4 is 11.1 Å². The number of nitrogens with two attached hydrogens (primary N) is 1. The predicted octanol–water partition coefficient (Wildman–Crippen LogP) is 1.75. The lowest BCUT2D eigenvalue weighted by atomic mass is 10.1. The van der Waals surface area contributed by atoms with E-state index in [2.05, 4.69) is 66.3 Å². The summed E-state index contributed by atoms with van der Waals surface area (Å²) in [6.07, 6.45) is 3.53. The van der Waals surface area contributed by atoms with E-state index in [1.807, 2.05) is 6.08 Å². The van der Waals surface area contributed by atoms with Crippen LogP contribution in [0.1, 0.15) is 11.1 Å². The molecule has 0 amide bonds. The first-order chi connectivity index (χ1) is 9.97. The van der Waals surface area contributed by atoms with Crippen LogP contribution in [-0.2, 0) is 0 Å². The maximum Gasteiger partial charge on any atom is 0.204 e. The van der Waals surface area contributed by atoms with E-state index in [9.17, 15) is 0 Å². The molecule has 0 radical (unpaired) electrons. The Labute approximate surface area is 127 Å². The molecule has 1 aromatic rings. The Morgan fingerprint density at radius 2 is 2.10 bits per heavy atom. The van der Waals surface area contributed by atoms with Gasteiger partial charge in [-0.1, -0.05) is 12.1 Å². The number of aliphatic imine (C=N–C) groups is 1. The number of nitrogens with zero attached hydrogens (tertiary/aromatic N) is 3. The van der Waals surface area contributed by atoms with Gasteiger partial charge in [-0.25, -0.2) is 4.99 Å². The average Bonchev–Trinajstić information content (AvgIpc) is 2.42. The van der Waals surface area contributed by atoms with Crippen molar-refractivity contribution in [1.82, 2.24) is 9.80 Å². The fourth-order valence-corrected chi connectivity index (χ4v) is 2.18. The van der Waals surface area contributed by atoms with E-state index < -0.39 is 0 Å². The summed E-state index contributed by atoms with van der Waals surface area (Å²) in [6, 6.07) is 6.35. The molecule has 0 fully saturated rings. The van der Waals surface area contributed by atoms with E-state index in [1.54, 1.807) is 6.20 Å². The third-order valence-electron chi connectivity index (χ3n) is 3.54. The molecular formula is C16H25N5. The lowest BCUT2D eigenvalue weighted by Crippen LogP contribution is -2.51. The summed E-state index contributed by atoms with van der Waals surface area (Å²) in [5.74, 6) is 0.806. The van der Waals surface area contributed by atoms with E-state index in [0.29, 0.717) is 0 Å². The van der Waals surface area contributed by atoms with Crippen molar-refractivity contribution in [2.75, 3.05) is 32.5 Å². The number of nitrogens with one attached hydrogen (secondary N) is 1. The fraction of sp³-hybridized carbons (Fsp3) is 0.438. The van der Waals surface area contributed by atoms with Crippen molar-refractivity contribution < 1.29 is 0 Å². The summed E-state index contributed by atoms with van der Waals surface area (Å²) in [5.41, 5.74) is 9.67. The highest BCUT2D eigenvalue weighted by molar-refractivity contribution is 5.95. The molecule has 1 unspecified atom stereocenters. The summed E-state index contributed by atoms with van der Waals surface area (Å²) in [6.45, 7) is 5.93. The number of likely N-dealkylation sites (N-methyl/N-ethyl adjacent to an activating group) is 1. The van der Waals surface area contributed by atoms with Crippen molar-refractivity contribution >= 4 is 11.6 Å². The summed E-state index contributed by atoms with van der Waals surface area (Å²) in [5, 5.41) is 3.42. The number of hydrogen-bond donors (Lipinski definition) is 2. The first-order valence-electron chi connectivity index (χ1n) is 7.23.